The Labute approximate surface area is 86.9 Å². The van der Waals surface area contributed by atoms with Gasteiger partial charge in [-0.15, -0.1) is 0 Å². The molecule has 0 spiro atoms. The van der Waals surface area contributed by atoms with E-state index < -0.39 is 11.6 Å². The maximum absolute atomic E-state index is 12.7. The molecule has 1 aromatic rings. The third kappa shape index (κ3) is 3.38. The molecule has 1 nitrogen and oxygen atoms in total. The summed E-state index contributed by atoms with van der Waals surface area (Å²) in [5, 5.41) is 0. The van der Waals surface area contributed by atoms with E-state index in [0.29, 0.717) is 17.8 Å². The molecule has 0 atom stereocenters. The number of hydrogen-bond donors (Lipinski definition) is 1. The molecule has 2 N–H and O–H groups in total. The highest BCUT2D eigenvalue weighted by Gasteiger charge is 2.02. The van der Waals surface area contributed by atoms with Crippen LogP contribution in [-0.4, -0.2) is 4.99 Å². The van der Waals surface area contributed by atoms with Gasteiger partial charge in [0.05, 0.1) is 4.99 Å². The summed E-state index contributed by atoms with van der Waals surface area (Å²) in [7, 11) is 0. The van der Waals surface area contributed by atoms with Gasteiger partial charge >= 0.3 is 0 Å². The molecule has 0 bridgehead atoms. The highest BCUT2D eigenvalue weighted by Crippen LogP contribution is 2.11. The van der Waals surface area contributed by atoms with Crippen molar-refractivity contribution in [3.8, 4) is 0 Å². The topological polar surface area (TPSA) is 26.0 Å². The minimum atomic E-state index is -0.817. The second-order valence-electron chi connectivity index (χ2n) is 3.07. The first-order valence-corrected chi connectivity index (χ1v) is 4.72. The SMILES string of the molecule is NC(=S)CCCc1ccc(F)c(F)c1. The zero-order valence-electron chi connectivity index (χ0n) is 7.59. The largest absolute Gasteiger partial charge is 0.393 e. The summed E-state index contributed by atoms with van der Waals surface area (Å²) < 4.78 is 25.3. The van der Waals surface area contributed by atoms with Gasteiger partial charge in [0.15, 0.2) is 11.6 Å². The summed E-state index contributed by atoms with van der Waals surface area (Å²) in [4.78, 5) is 0.451. The first-order valence-electron chi connectivity index (χ1n) is 4.32. The molecule has 0 aliphatic heterocycles. The van der Waals surface area contributed by atoms with E-state index in [4.69, 9.17) is 18.0 Å². The van der Waals surface area contributed by atoms with Crippen LogP contribution in [0.5, 0.6) is 0 Å². The molecule has 76 valence electrons. The number of hydrogen-bond acceptors (Lipinski definition) is 1. The van der Waals surface area contributed by atoms with E-state index in [1.807, 2.05) is 0 Å². The van der Waals surface area contributed by atoms with E-state index in [2.05, 4.69) is 0 Å². The third-order valence-corrected chi connectivity index (χ3v) is 2.08. The van der Waals surface area contributed by atoms with Gasteiger partial charge in [0.25, 0.3) is 0 Å². The first kappa shape index (κ1) is 11.0. The molecule has 0 fully saturated rings. The van der Waals surface area contributed by atoms with Gasteiger partial charge in [-0.25, -0.2) is 8.78 Å². The first-order chi connectivity index (χ1) is 6.59. The van der Waals surface area contributed by atoms with Crippen molar-refractivity contribution in [1.82, 2.24) is 0 Å². The van der Waals surface area contributed by atoms with E-state index >= 15 is 0 Å². The number of thiocarbonyl (C=S) groups is 1. The van der Waals surface area contributed by atoms with Crippen molar-refractivity contribution < 1.29 is 8.78 Å². The van der Waals surface area contributed by atoms with Gasteiger partial charge in [-0.2, -0.15) is 0 Å². The minimum absolute atomic E-state index is 0.451. The zero-order chi connectivity index (χ0) is 10.6. The van der Waals surface area contributed by atoms with Gasteiger partial charge in [-0.1, -0.05) is 18.3 Å². The molecule has 0 unspecified atom stereocenters. The van der Waals surface area contributed by atoms with Gasteiger partial charge in [-0.3, -0.25) is 0 Å². The van der Waals surface area contributed by atoms with E-state index in [9.17, 15) is 8.78 Å². The van der Waals surface area contributed by atoms with Crippen LogP contribution in [0.4, 0.5) is 8.78 Å². The highest BCUT2D eigenvalue weighted by molar-refractivity contribution is 7.80. The van der Waals surface area contributed by atoms with Crippen molar-refractivity contribution in [2.75, 3.05) is 0 Å². The molecular weight excluding hydrogens is 204 g/mol. The summed E-state index contributed by atoms with van der Waals surface area (Å²) in [6.07, 6.45) is 2.06. The van der Waals surface area contributed by atoms with Gasteiger partial charge < -0.3 is 5.73 Å². The summed E-state index contributed by atoms with van der Waals surface area (Å²) in [5.74, 6) is -1.62. The number of benzene rings is 1. The number of nitrogens with two attached hydrogens (primary N) is 1. The lowest BCUT2D eigenvalue weighted by molar-refractivity contribution is 0.507. The Bertz CT molecular complexity index is 339. The fourth-order valence-electron chi connectivity index (χ4n) is 1.16. The van der Waals surface area contributed by atoms with Crippen molar-refractivity contribution >= 4 is 17.2 Å². The smallest absolute Gasteiger partial charge is 0.159 e. The molecule has 1 aromatic carbocycles. The maximum atomic E-state index is 12.7. The van der Waals surface area contributed by atoms with Crippen LogP contribution < -0.4 is 5.73 Å². The van der Waals surface area contributed by atoms with Crippen molar-refractivity contribution in [3.05, 3.63) is 35.4 Å². The summed E-state index contributed by atoms with van der Waals surface area (Å²) in [5.41, 5.74) is 6.07. The third-order valence-electron chi connectivity index (χ3n) is 1.87. The van der Waals surface area contributed by atoms with Crippen LogP contribution in [0.1, 0.15) is 18.4 Å². The molecule has 0 aromatic heterocycles. The fraction of sp³-hybridized carbons (Fsp3) is 0.300. The Morgan fingerprint density at radius 1 is 1.29 bits per heavy atom. The van der Waals surface area contributed by atoms with Crippen LogP contribution in [0, 0.1) is 11.6 Å². The lowest BCUT2D eigenvalue weighted by Gasteiger charge is -2.01. The molecule has 0 heterocycles. The van der Waals surface area contributed by atoms with Gasteiger partial charge in [0.2, 0.25) is 0 Å². The Morgan fingerprint density at radius 3 is 2.57 bits per heavy atom. The second-order valence-corrected chi connectivity index (χ2v) is 3.59. The molecule has 1 rings (SSSR count). The second kappa shape index (κ2) is 5.00. The van der Waals surface area contributed by atoms with Crippen LogP contribution in [-0.2, 0) is 6.42 Å². The average molecular weight is 215 g/mol. The fourth-order valence-corrected chi connectivity index (χ4v) is 1.31. The molecule has 0 aliphatic rings. The Hall–Kier alpha value is -1.03. The Balaban J connectivity index is 2.51. The van der Waals surface area contributed by atoms with Gasteiger partial charge in [0, 0.05) is 0 Å². The standard InChI is InChI=1S/C10H11F2NS/c11-8-5-4-7(6-9(8)12)2-1-3-10(13)14/h4-6H,1-3H2,(H2,13,14). The molecule has 0 aliphatic carbocycles. The zero-order valence-corrected chi connectivity index (χ0v) is 8.41. The molecular formula is C10H11F2NS. The maximum Gasteiger partial charge on any atom is 0.159 e. The van der Waals surface area contributed by atoms with Crippen molar-refractivity contribution in [2.45, 2.75) is 19.3 Å². The summed E-state index contributed by atoms with van der Waals surface area (Å²) in [6, 6.07) is 3.90. The predicted octanol–water partition coefficient (Wildman–Crippen LogP) is 2.57. The normalized spacial score (nSPS) is 10.1. The van der Waals surface area contributed by atoms with Crippen LogP contribution in [0.3, 0.4) is 0 Å². The van der Waals surface area contributed by atoms with Crippen molar-refractivity contribution in [2.24, 2.45) is 5.73 Å². The molecule has 14 heavy (non-hydrogen) atoms. The van der Waals surface area contributed by atoms with Gasteiger partial charge in [0.1, 0.15) is 0 Å². The van der Waals surface area contributed by atoms with Crippen molar-refractivity contribution in [1.29, 1.82) is 0 Å². The van der Waals surface area contributed by atoms with Crippen LogP contribution in [0.15, 0.2) is 18.2 Å². The van der Waals surface area contributed by atoms with E-state index in [1.165, 1.54) is 6.07 Å². The molecule has 4 heteroatoms. The lowest BCUT2D eigenvalue weighted by atomic mass is 10.1. The quantitative estimate of drug-likeness (QED) is 0.781. The van der Waals surface area contributed by atoms with Crippen molar-refractivity contribution in [3.63, 3.8) is 0 Å². The minimum Gasteiger partial charge on any atom is -0.393 e. The van der Waals surface area contributed by atoms with E-state index in [-0.39, 0.29) is 0 Å². The van der Waals surface area contributed by atoms with Crippen LogP contribution in [0.25, 0.3) is 0 Å². The number of aryl methyl sites for hydroxylation is 1. The molecule has 0 amide bonds. The molecule has 0 saturated carbocycles. The highest BCUT2D eigenvalue weighted by atomic mass is 32.1. The lowest BCUT2D eigenvalue weighted by Crippen LogP contribution is -2.07. The van der Waals surface area contributed by atoms with Crippen LogP contribution in [0.2, 0.25) is 0 Å². The van der Waals surface area contributed by atoms with E-state index in [0.717, 1.165) is 18.1 Å². The number of rotatable bonds is 4. The average Bonchev–Trinajstić information content (AvgIpc) is 2.10. The van der Waals surface area contributed by atoms with E-state index in [1.54, 1.807) is 6.07 Å². The molecule has 0 saturated heterocycles. The summed E-state index contributed by atoms with van der Waals surface area (Å²) >= 11 is 4.70. The predicted molar refractivity (Wildman–Crippen MR) is 56.1 cm³/mol. The number of halogens is 2. The van der Waals surface area contributed by atoms with Gasteiger partial charge in [-0.05, 0) is 37.0 Å². The molecule has 0 radical (unpaired) electrons. The van der Waals surface area contributed by atoms with Crippen LogP contribution >= 0.6 is 12.2 Å². The monoisotopic (exact) mass is 215 g/mol. The Kier molecular flexibility index (Phi) is 3.95. The Morgan fingerprint density at radius 2 is 2.00 bits per heavy atom. The summed E-state index contributed by atoms with van der Waals surface area (Å²) in [6.45, 7) is 0.